The standard InChI is InChI=1S/C24H30FN5O2S/c1-30(2)23-21-8-3-4-9-22(21)28-24(29-23)26-15-17-10-12-18(13-11-17)16-27-33(31,32)20-7-5-6-19(25)14-20/h3-9,14,17-18,27H,10-13,15-16H2,1-2H3,(H,26,28,29)/t17-,18-. The van der Waals surface area contributed by atoms with Crippen LogP contribution in [0, 0.1) is 17.7 Å². The number of anilines is 2. The molecule has 3 aromatic rings. The Balaban J connectivity index is 1.29. The summed E-state index contributed by atoms with van der Waals surface area (Å²) in [4.78, 5) is 11.3. The number of para-hydroxylation sites is 1. The molecule has 1 fully saturated rings. The van der Waals surface area contributed by atoms with Gasteiger partial charge in [0.2, 0.25) is 16.0 Å². The Hall–Kier alpha value is -2.78. The predicted octanol–water partition coefficient (Wildman–Crippen LogP) is 4.03. The van der Waals surface area contributed by atoms with E-state index in [0.29, 0.717) is 18.4 Å². The van der Waals surface area contributed by atoms with Crippen molar-refractivity contribution in [3.63, 3.8) is 0 Å². The molecule has 1 aromatic heterocycles. The molecule has 2 N–H and O–H groups in total. The van der Waals surface area contributed by atoms with E-state index in [1.807, 2.05) is 43.3 Å². The first-order valence-corrected chi connectivity index (χ1v) is 12.7. The molecule has 2 aromatic carbocycles. The van der Waals surface area contributed by atoms with Gasteiger partial charge >= 0.3 is 0 Å². The number of nitrogens with one attached hydrogen (secondary N) is 2. The van der Waals surface area contributed by atoms with E-state index in [1.54, 1.807) is 0 Å². The Morgan fingerprint density at radius 3 is 2.36 bits per heavy atom. The van der Waals surface area contributed by atoms with E-state index < -0.39 is 15.8 Å². The minimum atomic E-state index is -3.69. The van der Waals surface area contributed by atoms with Crippen molar-refractivity contribution >= 4 is 32.7 Å². The second kappa shape index (κ2) is 10.0. The van der Waals surface area contributed by atoms with E-state index in [2.05, 4.69) is 15.0 Å². The van der Waals surface area contributed by atoms with E-state index in [1.165, 1.54) is 18.2 Å². The average Bonchev–Trinajstić information content (AvgIpc) is 2.81. The fourth-order valence-electron chi connectivity index (χ4n) is 4.30. The normalized spacial score (nSPS) is 18.9. The van der Waals surface area contributed by atoms with Crippen molar-refractivity contribution in [2.75, 3.05) is 37.4 Å². The van der Waals surface area contributed by atoms with Gasteiger partial charge in [0.1, 0.15) is 11.6 Å². The summed E-state index contributed by atoms with van der Waals surface area (Å²) in [5, 5.41) is 4.43. The second-order valence-corrected chi connectivity index (χ2v) is 10.6. The Morgan fingerprint density at radius 2 is 1.67 bits per heavy atom. The number of rotatable bonds is 8. The average molecular weight is 472 g/mol. The lowest BCUT2D eigenvalue weighted by molar-refractivity contribution is 0.284. The fourth-order valence-corrected chi connectivity index (χ4v) is 5.45. The van der Waals surface area contributed by atoms with Crippen molar-refractivity contribution in [1.29, 1.82) is 0 Å². The maximum Gasteiger partial charge on any atom is 0.240 e. The van der Waals surface area contributed by atoms with Crippen molar-refractivity contribution < 1.29 is 12.8 Å². The summed E-state index contributed by atoms with van der Waals surface area (Å²) >= 11 is 0. The van der Waals surface area contributed by atoms with Crippen LogP contribution in [-0.2, 0) is 10.0 Å². The van der Waals surface area contributed by atoms with Crippen LogP contribution in [0.25, 0.3) is 10.9 Å². The molecular formula is C24H30FN5O2S. The SMILES string of the molecule is CN(C)c1nc(NC[C@H]2CC[C@H](CNS(=O)(=O)c3cccc(F)c3)CC2)nc2ccccc12. The number of benzene rings is 2. The molecule has 0 bridgehead atoms. The highest BCUT2D eigenvalue weighted by Crippen LogP contribution is 2.29. The third-order valence-corrected chi connectivity index (χ3v) is 7.61. The summed E-state index contributed by atoms with van der Waals surface area (Å²) < 4.78 is 40.8. The lowest BCUT2D eigenvalue weighted by Gasteiger charge is -2.28. The number of hydrogen-bond acceptors (Lipinski definition) is 6. The summed E-state index contributed by atoms with van der Waals surface area (Å²) in [6.07, 6.45) is 3.90. The zero-order valence-electron chi connectivity index (χ0n) is 19.0. The molecular weight excluding hydrogens is 441 g/mol. The van der Waals surface area contributed by atoms with Crippen LogP contribution in [-0.4, -0.2) is 45.6 Å². The summed E-state index contributed by atoms with van der Waals surface area (Å²) in [5.74, 6) is 1.72. The van der Waals surface area contributed by atoms with Gasteiger partial charge in [-0.1, -0.05) is 18.2 Å². The van der Waals surface area contributed by atoms with E-state index >= 15 is 0 Å². The Bertz CT molecular complexity index is 1210. The van der Waals surface area contributed by atoms with Gasteiger partial charge in [0, 0.05) is 32.6 Å². The quantitative estimate of drug-likeness (QED) is 0.516. The largest absolute Gasteiger partial charge is 0.362 e. The van der Waals surface area contributed by atoms with Gasteiger partial charge in [0.05, 0.1) is 10.4 Å². The van der Waals surface area contributed by atoms with Crippen LogP contribution in [0.15, 0.2) is 53.4 Å². The minimum absolute atomic E-state index is 0.0344. The molecule has 4 rings (SSSR count). The van der Waals surface area contributed by atoms with Crippen molar-refractivity contribution in [3.05, 3.63) is 54.3 Å². The van der Waals surface area contributed by atoms with Gasteiger partial charge in [-0.3, -0.25) is 0 Å². The molecule has 176 valence electrons. The first-order valence-electron chi connectivity index (χ1n) is 11.2. The summed E-state index contributed by atoms with van der Waals surface area (Å²) in [5.41, 5.74) is 0.910. The van der Waals surface area contributed by atoms with Crippen LogP contribution in [0.4, 0.5) is 16.2 Å². The zero-order valence-corrected chi connectivity index (χ0v) is 19.8. The molecule has 0 radical (unpaired) electrons. The number of halogens is 1. The maximum atomic E-state index is 13.4. The molecule has 1 aliphatic rings. The van der Waals surface area contributed by atoms with Gasteiger partial charge in [-0.2, -0.15) is 4.98 Å². The number of sulfonamides is 1. The number of nitrogens with zero attached hydrogens (tertiary/aromatic N) is 3. The van der Waals surface area contributed by atoms with Crippen LogP contribution in [0.5, 0.6) is 0 Å². The molecule has 9 heteroatoms. The molecule has 33 heavy (non-hydrogen) atoms. The van der Waals surface area contributed by atoms with Gasteiger partial charge in [-0.25, -0.2) is 22.5 Å². The summed E-state index contributed by atoms with van der Waals surface area (Å²) in [6.45, 7) is 1.16. The Labute approximate surface area is 194 Å². The van der Waals surface area contributed by atoms with Gasteiger partial charge in [-0.15, -0.1) is 0 Å². The molecule has 0 atom stereocenters. The van der Waals surface area contributed by atoms with Gasteiger partial charge in [-0.05, 0) is 67.9 Å². The van der Waals surface area contributed by atoms with Crippen LogP contribution in [0.3, 0.4) is 0 Å². The molecule has 1 heterocycles. The minimum Gasteiger partial charge on any atom is -0.362 e. The van der Waals surface area contributed by atoms with E-state index in [-0.39, 0.29) is 10.8 Å². The molecule has 0 aliphatic heterocycles. The second-order valence-electron chi connectivity index (χ2n) is 8.86. The molecule has 0 unspecified atom stereocenters. The molecule has 1 aliphatic carbocycles. The fraction of sp³-hybridized carbons (Fsp3) is 0.417. The number of fused-ring (bicyclic) bond motifs is 1. The van der Waals surface area contributed by atoms with Crippen molar-refractivity contribution in [3.8, 4) is 0 Å². The number of hydrogen-bond donors (Lipinski definition) is 2. The summed E-state index contributed by atoms with van der Waals surface area (Å²) in [6, 6.07) is 13.1. The van der Waals surface area contributed by atoms with Crippen LogP contribution in [0.2, 0.25) is 0 Å². The molecule has 0 saturated heterocycles. The molecule has 0 spiro atoms. The topological polar surface area (TPSA) is 87.2 Å². The van der Waals surface area contributed by atoms with Crippen LogP contribution in [0.1, 0.15) is 25.7 Å². The lowest BCUT2D eigenvalue weighted by Crippen LogP contribution is -2.32. The highest BCUT2D eigenvalue weighted by molar-refractivity contribution is 7.89. The Kier molecular flexibility index (Phi) is 7.09. The van der Waals surface area contributed by atoms with Crippen molar-refractivity contribution in [2.45, 2.75) is 30.6 Å². The van der Waals surface area contributed by atoms with Crippen molar-refractivity contribution in [1.82, 2.24) is 14.7 Å². The van der Waals surface area contributed by atoms with Crippen LogP contribution < -0.4 is 14.9 Å². The van der Waals surface area contributed by atoms with E-state index in [4.69, 9.17) is 4.98 Å². The number of aromatic nitrogens is 2. The smallest absolute Gasteiger partial charge is 0.240 e. The lowest BCUT2D eigenvalue weighted by atomic mass is 9.82. The van der Waals surface area contributed by atoms with Crippen molar-refractivity contribution in [2.24, 2.45) is 11.8 Å². The molecule has 0 amide bonds. The first-order chi connectivity index (χ1) is 15.8. The monoisotopic (exact) mass is 471 g/mol. The van der Waals surface area contributed by atoms with Crippen LogP contribution >= 0.6 is 0 Å². The third kappa shape index (κ3) is 5.78. The highest BCUT2D eigenvalue weighted by atomic mass is 32.2. The highest BCUT2D eigenvalue weighted by Gasteiger charge is 2.24. The Morgan fingerprint density at radius 1 is 0.970 bits per heavy atom. The zero-order chi connectivity index (χ0) is 23.4. The van der Waals surface area contributed by atoms with Gasteiger partial charge < -0.3 is 10.2 Å². The van der Waals surface area contributed by atoms with Gasteiger partial charge in [0.15, 0.2) is 0 Å². The summed E-state index contributed by atoms with van der Waals surface area (Å²) in [7, 11) is 0.255. The molecule has 7 nitrogen and oxygen atoms in total. The predicted molar refractivity (Wildman–Crippen MR) is 129 cm³/mol. The van der Waals surface area contributed by atoms with E-state index in [9.17, 15) is 12.8 Å². The first kappa shape index (κ1) is 23.4. The van der Waals surface area contributed by atoms with Gasteiger partial charge in [0.25, 0.3) is 0 Å². The molecule has 1 saturated carbocycles. The maximum absolute atomic E-state index is 13.4. The van der Waals surface area contributed by atoms with E-state index in [0.717, 1.165) is 55.0 Å². The third-order valence-electron chi connectivity index (χ3n) is 6.19.